The van der Waals surface area contributed by atoms with Crippen LogP contribution in [0.2, 0.25) is 0 Å². The summed E-state index contributed by atoms with van der Waals surface area (Å²) in [4.78, 5) is 28.8. The fourth-order valence-electron chi connectivity index (χ4n) is 4.00. The molecule has 0 aromatic heterocycles. The Morgan fingerprint density at radius 2 is 2.00 bits per heavy atom. The van der Waals surface area contributed by atoms with Gasteiger partial charge in [0.1, 0.15) is 11.6 Å². The molecule has 27 heavy (non-hydrogen) atoms. The molecule has 0 bridgehead atoms. The van der Waals surface area contributed by atoms with Crippen LogP contribution in [-0.4, -0.2) is 32.0 Å². The number of halogens is 1. The van der Waals surface area contributed by atoms with Crippen molar-refractivity contribution in [2.75, 3.05) is 30.0 Å². The Kier molecular flexibility index (Phi) is 4.56. The average Bonchev–Trinajstić information content (AvgIpc) is 3.08. The average molecular weight is 368 g/mol. The normalized spacial score (nSPS) is 19.2. The second kappa shape index (κ2) is 7.02. The van der Waals surface area contributed by atoms with Crippen LogP contribution in [0.15, 0.2) is 42.5 Å². The summed E-state index contributed by atoms with van der Waals surface area (Å²) in [5.74, 6) is -0.615. The van der Waals surface area contributed by atoms with E-state index in [1.54, 1.807) is 30.2 Å². The van der Waals surface area contributed by atoms with Crippen LogP contribution >= 0.6 is 0 Å². The van der Waals surface area contributed by atoms with E-state index in [0.29, 0.717) is 12.3 Å². The van der Waals surface area contributed by atoms with E-state index in [1.165, 1.54) is 11.0 Å². The smallest absolute Gasteiger partial charge is 0.232 e. The number of aryl methyl sites for hydroxylation is 1. The zero-order chi connectivity index (χ0) is 19.0. The van der Waals surface area contributed by atoms with E-state index in [1.807, 2.05) is 18.2 Å². The highest BCUT2D eigenvalue weighted by Gasteiger charge is 2.39. The van der Waals surface area contributed by atoms with E-state index in [0.717, 1.165) is 24.1 Å². The summed E-state index contributed by atoms with van der Waals surface area (Å²) in [6.07, 6.45) is 1.85. The Morgan fingerprint density at radius 3 is 2.78 bits per heavy atom. The van der Waals surface area contributed by atoms with Crippen molar-refractivity contribution < 1.29 is 18.7 Å². The molecule has 4 rings (SSSR count). The van der Waals surface area contributed by atoms with Crippen LogP contribution in [0.1, 0.15) is 18.4 Å². The third-order valence-electron chi connectivity index (χ3n) is 5.28. The van der Waals surface area contributed by atoms with E-state index in [-0.39, 0.29) is 30.5 Å². The van der Waals surface area contributed by atoms with Gasteiger partial charge in [0.05, 0.1) is 24.4 Å². The maximum atomic E-state index is 14.1. The number of hydrogen-bond acceptors (Lipinski definition) is 3. The molecule has 5 nitrogen and oxygen atoms in total. The largest absolute Gasteiger partial charge is 0.495 e. The number of benzene rings is 2. The third-order valence-corrected chi connectivity index (χ3v) is 5.28. The lowest BCUT2D eigenvalue weighted by Gasteiger charge is -2.32. The highest BCUT2D eigenvalue weighted by Crippen LogP contribution is 2.38. The van der Waals surface area contributed by atoms with Crippen molar-refractivity contribution in [1.82, 2.24) is 0 Å². The number of amides is 2. The Balaban J connectivity index is 1.61. The maximum absolute atomic E-state index is 14.1. The molecule has 0 radical (unpaired) electrons. The van der Waals surface area contributed by atoms with Crippen molar-refractivity contribution in [2.45, 2.75) is 19.3 Å². The number of fused-ring (bicyclic) bond motifs is 1. The number of para-hydroxylation sites is 2. The summed E-state index contributed by atoms with van der Waals surface area (Å²) in [7, 11) is 1.59. The molecule has 2 aliphatic rings. The fraction of sp³-hybridized carbons (Fsp3) is 0.333. The zero-order valence-electron chi connectivity index (χ0n) is 15.2. The van der Waals surface area contributed by atoms with Crippen LogP contribution in [0.25, 0.3) is 0 Å². The minimum atomic E-state index is -0.493. The lowest BCUT2D eigenvalue weighted by Crippen LogP contribution is -2.41. The number of hydrogen-bond donors (Lipinski definition) is 0. The van der Waals surface area contributed by atoms with Gasteiger partial charge in [-0.2, -0.15) is 0 Å². The molecule has 0 N–H and O–H groups in total. The van der Waals surface area contributed by atoms with Crippen molar-refractivity contribution in [1.29, 1.82) is 0 Å². The minimum absolute atomic E-state index is 0.0914. The summed E-state index contributed by atoms with van der Waals surface area (Å²) in [6.45, 7) is 0.788. The first-order valence-electron chi connectivity index (χ1n) is 9.12. The molecule has 1 atom stereocenters. The summed E-state index contributed by atoms with van der Waals surface area (Å²) >= 11 is 0. The molecule has 2 heterocycles. The van der Waals surface area contributed by atoms with Gasteiger partial charge in [0.2, 0.25) is 11.8 Å². The van der Waals surface area contributed by atoms with Gasteiger partial charge in [0.25, 0.3) is 0 Å². The van der Waals surface area contributed by atoms with E-state index < -0.39 is 11.7 Å². The molecule has 6 heteroatoms. The maximum Gasteiger partial charge on any atom is 0.232 e. The van der Waals surface area contributed by atoms with E-state index in [2.05, 4.69) is 0 Å². The minimum Gasteiger partial charge on any atom is -0.495 e. The second-order valence-corrected chi connectivity index (χ2v) is 6.92. The molecule has 0 saturated carbocycles. The topological polar surface area (TPSA) is 49.9 Å². The molecule has 2 amide bonds. The number of nitrogens with zero attached hydrogens (tertiary/aromatic N) is 2. The highest BCUT2D eigenvalue weighted by molar-refractivity contribution is 6.05. The molecular formula is C21H21FN2O3. The second-order valence-electron chi connectivity index (χ2n) is 6.92. The van der Waals surface area contributed by atoms with Crippen LogP contribution in [0.4, 0.5) is 15.8 Å². The number of carbonyl (C=O) groups excluding carboxylic acids is 2. The van der Waals surface area contributed by atoms with E-state index in [9.17, 15) is 14.0 Å². The molecule has 0 spiro atoms. The first kappa shape index (κ1) is 17.5. The Bertz CT molecular complexity index is 884. The van der Waals surface area contributed by atoms with Gasteiger partial charge in [-0.15, -0.1) is 0 Å². The predicted octanol–water partition coefficient (Wildman–Crippen LogP) is 3.17. The van der Waals surface area contributed by atoms with Gasteiger partial charge in [0, 0.05) is 19.5 Å². The molecule has 1 fully saturated rings. The van der Waals surface area contributed by atoms with Crippen LogP contribution in [-0.2, 0) is 16.0 Å². The predicted molar refractivity (Wildman–Crippen MR) is 101 cm³/mol. The quantitative estimate of drug-likeness (QED) is 0.836. The van der Waals surface area contributed by atoms with Crippen molar-refractivity contribution >= 4 is 23.2 Å². The number of anilines is 2. The summed E-state index contributed by atoms with van der Waals surface area (Å²) < 4.78 is 19.5. The Hall–Kier alpha value is -2.89. The molecule has 140 valence electrons. The summed E-state index contributed by atoms with van der Waals surface area (Å²) in [5, 5.41) is 0. The summed E-state index contributed by atoms with van der Waals surface area (Å²) in [6, 6.07) is 11.9. The highest BCUT2D eigenvalue weighted by atomic mass is 19.1. The first-order valence-corrected chi connectivity index (χ1v) is 9.12. The lowest BCUT2D eigenvalue weighted by atomic mass is 9.98. The molecular weight excluding hydrogens is 347 g/mol. The van der Waals surface area contributed by atoms with Gasteiger partial charge in [-0.25, -0.2) is 4.39 Å². The van der Waals surface area contributed by atoms with Gasteiger partial charge in [0.15, 0.2) is 0 Å². The summed E-state index contributed by atoms with van der Waals surface area (Å²) in [5.41, 5.74) is 2.10. The van der Waals surface area contributed by atoms with Gasteiger partial charge in [-0.05, 0) is 36.6 Å². The molecule has 1 saturated heterocycles. The first-order chi connectivity index (χ1) is 13.1. The third kappa shape index (κ3) is 3.05. The number of rotatable bonds is 3. The lowest BCUT2D eigenvalue weighted by molar-refractivity contribution is -0.124. The van der Waals surface area contributed by atoms with Crippen molar-refractivity contribution in [3.63, 3.8) is 0 Å². The van der Waals surface area contributed by atoms with Gasteiger partial charge in [-0.1, -0.05) is 24.3 Å². The van der Waals surface area contributed by atoms with E-state index >= 15 is 0 Å². The molecule has 2 aliphatic heterocycles. The van der Waals surface area contributed by atoms with E-state index in [4.69, 9.17) is 4.74 Å². The molecule has 2 aromatic rings. The molecule has 0 unspecified atom stereocenters. The number of ether oxygens (including phenoxy) is 1. The standard InChI is InChI=1S/C21H21FN2O3/c1-27-18-10-4-6-14-7-5-11-23(20(14)18)21(26)15-12-19(25)24(13-15)17-9-3-2-8-16(17)22/h2-4,6,8-10,15H,5,7,11-13H2,1H3/t15-/m1/s1. The molecule has 2 aromatic carbocycles. The van der Waals surface area contributed by atoms with Gasteiger partial charge < -0.3 is 14.5 Å². The monoisotopic (exact) mass is 368 g/mol. The van der Waals surface area contributed by atoms with Crippen molar-refractivity contribution in [3.8, 4) is 5.75 Å². The zero-order valence-corrected chi connectivity index (χ0v) is 15.2. The van der Waals surface area contributed by atoms with Crippen molar-refractivity contribution in [3.05, 3.63) is 53.8 Å². The Labute approximate surface area is 157 Å². The van der Waals surface area contributed by atoms with Gasteiger partial charge >= 0.3 is 0 Å². The van der Waals surface area contributed by atoms with Crippen LogP contribution in [0.5, 0.6) is 5.75 Å². The van der Waals surface area contributed by atoms with Crippen LogP contribution in [0.3, 0.4) is 0 Å². The SMILES string of the molecule is COc1cccc2c1N(C(=O)[C@@H]1CC(=O)N(c3ccccc3F)C1)CCC2. The number of methoxy groups -OCH3 is 1. The van der Waals surface area contributed by atoms with Crippen LogP contribution < -0.4 is 14.5 Å². The molecule has 0 aliphatic carbocycles. The fourth-order valence-corrected chi connectivity index (χ4v) is 4.00. The van der Waals surface area contributed by atoms with Crippen molar-refractivity contribution in [2.24, 2.45) is 5.92 Å². The Morgan fingerprint density at radius 1 is 1.19 bits per heavy atom. The van der Waals surface area contributed by atoms with Crippen LogP contribution in [0, 0.1) is 11.7 Å². The van der Waals surface area contributed by atoms with Gasteiger partial charge in [-0.3, -0.25) is 9.59 Å². The number of carbonyl (C=O) groups is 2.